The summed E-state index contributed by atoms with van der Waals surface area (Å²) in [5.74, 6) is 0.643. The number of rotatable bonds is 2. The van der Waals surface area contributed by atoms with Crippen LogP contribution in [0.5, 0.6) is 0 Å². The second-order valence-corrected chi connectivity index (χ2v) is 5.53. The minimum absolute atomic E-state index is 0.00596. The van der Waals surface area contributed by atoms with Crippen LogP contribution in [0.15, 0.2) is 6.07 Å². The Kier molecular flexibility index (Phi) is 2.56. The molecule has 1 aromatic heterocycles. The molecule has 0 bridgehead atoms. The Morgan fingerprint density at radius 3 is 2.82 bits per heavy atom. The average molecular weight is 271 g/mol. The maximum absolute atomic E-state index is 12.3. The number of carbonyl (C=O) groups is 1. The molecule has 17 heavy (non-hydrogen) atoms. The van der Waals surface area contributed by atoms with Gasteiger partial charge in [0.05, 0.1) is 5.56 Å². The van der Waals surface area contributed by atoms with Crippen molar-refractivity contribution in [2.45, 2.75) is 32.4 Å². The van der Waals surface area contributed by atoms with E-state index in [1.54, 1.807) is 6.07 Å². The lowest BCUT2D eigenvalue weighted by Crippen LogP contribution is -2.34. The molecule has 5 heteroatoms. The van der Waals surface area contributed by atoms with Crippen LogP contribution in [-0.2, 0) is 6.54 Å². The third-order valence-corrected chi connectivity index (χ3v) is 4.10. The summed E-state index contributed by atoms with van der Waals surface area (Å²) in [4.78, 5) is 18.1. The van der Waals surface area contributed by atoms with E-state index in [4.69, 9.17) is 23.2 Å². The highest BCUT2D eigenvalue weighted by atomic mass is 35.5. The Morgan fingerprint density at radius 2 is 2.18 bits per heavy atom. The lowest BCUT2D eigenvalue weighted by molar-refractivity contribution is 0.0697. The molecule has 3 rings (SSSR count). The Morgan fingerprint density at radius 1 is 1.47 bits per heavy atom. The highest BCUT2D eigenvalue weighted by molar-refractivity contribution is 6.35. The highest BCUT2D eigenvalue weighted by Crippen LogP contribution is 2.39. The number of pyridine rings is 1. The van der Waals surface area contributed by atoms with Crippen LogP contribution >= 0.6 is 23.2 Å². The molecule has 0 radical (unpaired) electrons. The van der Waals surface area contributed by atoms with Gasteiger partial charge in [0.2, 0.25) is 0 Å². The number of amides is 1. The van der Waals surface area contributed by atoms with Crippen LogP contribution in [0, 0.1) is 5.92 Å². The molecule has 0 unspecified atom stereocenters. The van der Waals surface area contributed by atoms with E-state index in [0.29, 0.717) is 23.2 Å². The standard InChI is InChI=1S/C12H12Cl2N2O/c1-6(7-2-3-7)16-5-8-4-9(13)15-11(14)10(8)12(16)17/h4,6-7H,2-3,5H2,1H3/t6-/m0/s1. The number of hydrogen-bond acceptors (Lipinski definition) is 2. The van der Waals surface area contributed by atoms with E-state index in [9.17, 15) is 4.79 Å². The first-order valence-corrected chi connectivity index (χ1v) is 6.49. The molecule has 1 saturated carbocycles. The van der Waals surface area contributed by atoms with Crippen molar-refractivity contribution in [1.29, 1.82) is 0 Å². The summed E-state index contributed by atoms with van der Waals surface area (Å²) in [6, 6.07) is 2.02. The van der Waals surface area contributed by atoms with Gasteiger partial charge in [-0.3, -0.25) is 4.79 Å². The Bertz CT molecular complexity index is 500. The van der Waals surface area contributed by atoms with E-state index in [0.717, 1.165) is 5.56 Å². The summed E-state index contributed by atoms with van der Waals surface area (Å²) in [5.41, 5.74) is 1.43. The molecular formula is C12H12Cl2N2O. The van der Waals surface area contributed by atoms with Gasteiger partial charge >= 0.3 is 0 Å². The zero-order chi connectivity index (χ0) is 12.2. The fraction of sp³-hybridized carbons (Fsp3) is 0.500. The molecule has 2 aliphatic rings. The van der Waals surface area contributed by atoms with Crippen LogP contribution in [-0.4, -0.2) is 21.8 Å². The molecule has 1 fully saturated rings. The molecule has 0 N–H and O–H groups in total. The van der Waals surface area contributed by atoms with E-state index < -0.39 is 0 Å². The zero-order valence-corrected chi connectivity index (χ0v) is 10.9. The second kappa shape index (κ2) is 3.85. The topological polar surface area (TPSA) is 33.2 Å². The average Bonchev–Trinajstić information content (AvgIpc) is 3.03. The first-order valence-electron chi connectivity index (χ1n) is 5.74. The fourth-order valence-electron chi connectivity index (χ4n) is 2.44. The monoisotopic (exact) mass is 270 g/mol. The van der Waals surface area contributed by atoms with E-state index in [2.05, 4.69) is 11.9 Å². The number of fused-ring (bicyclic) bond motifs is 1. The largest absolute Gasteiger partial charge is 0.331 e. The van der Waals surface area contributed by atoms with Crippen LogP contribution < -0.4 is 0 Å². The van der Waals surface area contributed by atoms with Crippen molar-refractivity contribution in [3.8, 4) is 0 Å². The van der Waals surface area contributed by atoms with Crippen molar-refractivity contribution < 1.29 is 4.79 Å². The van der Waals surface area contributed by atoms with Gasteiger partial charge in [0, 0.05) is 12.6 Å². The van der Waals surface area contributed by atoms with Crippen LogP contribution in [0.25, 0.3) is 0 Å². The summed E-state index contributed by atoms with van der Waals surface area (Å²) in [6.45, 7) is 2.71. The Balaban J connectivity index is 1.96. The summed E-state index contributed by atoms with van der Waals surface area (Å²) in [7, 11) is 0. The Hall–Kier alpha value is -0.800. The first-order chi connectivity index (χ1) is 8.08. The van der Waals surface area contributed by atoms with Crippen LogP contribution in [0.3, 0.4) is 0 Å². The fourth-order valence-corrected chi connectivity index (χ4v) is 2.99. The molecule has 1 aromatic rings. The number of aromatic nitrogens is 1. The van der Waals surface area contributed by atoms with Crippen molar-refractivity contribution in [2.24, 2.45) is 5.92 Å². The second-order valence-electron chi connectivity index (χ2n) is 4.78. The van der Waals surface area contributed by atoms with Gasteiger partial charge in [-0.05, 0) is 37.3 Å². The molecule has 1 atom stereocenters. The molecule has 90 valence electrons. The van der Waals surface area contributed by atoms with Crippen molar-refractivity contribution in [1.82, 2.24) is 9.88 Å². The van der Waals surface area contributed by atoms with E-state index in [-0.39, 0.29) is 17.1 Å². The number of carbonyl (C=O) groups excluding carboxylic acids is 1. The summed E-state index contributed by atoms with van der Waals surface area (Å²) in [5, 5.41) is 0.575. The lowest BCUT2D eigenvalue weighted by atomic mass is 10.2. The summed E-state index contributed by atoms with van der Waals surface area (Å²) >= 11 is 11.8. The van der Waals surface area contributed by atoms with Gasteiger partial charge in [0.15, 0.2) is 0 Å². The lowest BCUT2D eigenvalue weighted by Gasteiger charge is -2.23. The molecule has 1 aliphatic heterocycles. The van der Waals surface area contributed by atoms with Crippen molar-refractivity contribution >= 4 is 29.1 Å². The number of hydrogen-bond donors (Lipinski definition) is 0. The third-order valence-electron chi connectivity index (χ3n) is 3.64. The van der Waals surface area contributed by atoms with Crippen molar-refractivity contribution in [3.05, 3.63) is 27.5 Å². The maximum atomic E-state index is 12.3. The molecular weight excluding hydrogens is 259 g/mol. The van der Waals surface area contributed by atoms with Gasteiger partial charge in [-0.1, -0.05) is 23.2 Å². The smallest absolute Gasteiger partial charge is 0.257 e. The van der Waals surface area contributed by atoms with Gasteiger partial charge in [-0.15, -0.1) is 0 Å². The first kappa shape index (κ1) is 11.3. The van der Waals surface area contributed by atoms with Crippen LogP contribution in [0.4, 0.5) is 0 Å². The zero-order valence-electron chi connectivity index (χ0n) is 9.41. The summed E-state index contributed by atoms with van der Waals surface area (Å²) in [6.07, 6.45) is 2.43. The molecule has 0 saturated heterocycles. The molecule has 2 heterocycles. The highest BCUT2D eigenvalue weighted by Gasteiger charge is 2.39. The molecule has 3 nitrogen and oxygen atoms in total. The predicted octanol–water partition coefficient (Wildman–Crippen LogP) is 3.14. The van der Waals surface area contributed by atoms with Gasteiger partial charge in [-0.25, -0.2) is 4.98 Å². The number of halogens is 2. The van der Waals surface area contributed by atoms with Gasteiger partial charge in [0.1, 0.15) is 10.3 Å². The minimum Gasteiger partial charge on any atom is -0.331 e. The molecule has 0 aromatic carbocycles. The SMILES string of the molecule is C[C@@H](C1CC1)N1Cc2cc(Cl)nc(Cl)c2C1=O. The quantitative estimate of drug-likeness (QED) is 0.774. The van der Waals surface area contributed by atoms with Crippen molar-refractivity contribution in [3.63, 3.8) is 0 Å². The van der Waals surface area contributed by atoms with Gasteiger partial charge < -0.3 is 4.90 Å². The number of nitrogens with zero attached hydrogens (tertiary/aromatic N) is 2. The van der Waals surface area contributed by atoms with Crippen molar-refractivity contribution in [2.75, 3.05) is 0 Å². The van der Waals surface area contributed by atoms with E-state index >= 15 is 0 Å². The third kappa shape index (κ3) is 1.81. The maximum Gasteiger partial charge on any atom is 0.257 e. The minimum atomic E-state index is -0.00596. The molecule has 0 spiro atoms. The summed E-state index contributed by atoms with van der Waals surface area (Å²) < 4.78 is 0. The van der Waals surface area contributed by atoms with E-state index in [1.165, 1.54) is 12.8 Å². The normalized spacial score (nSPS) is 20.6. The Labute approximate surface area is 110 Å². The molecule has 1 aliphatic carbocycles. The van der Waals surface area contributed by atoms with E-state index in [1.807, 2.05) is 4.90 Å². The van der Waals surface area contributed by atoms with Crippen LogP contribution in [0.2, 0.25) is 10.3 Å². The molecule has 1 amide bonds. The predicted molar refractivity (Wildman–Crippen MR) is 66.3 cm³/mol. The van der Waals surface area contributed by atoms with Gasteiger partial charge in [0.25, 0.3) is 5.91 Å². The van der Waals surface area contributed by atoms with Gasteiger partial charge in [-0.2, -0.15) is 0 Å². The van der Waals surface area contributed by atoms with Crippen LogP contribution in [0.1, 0.15) is 35.7 Å².